The lowest BCUT2D eigenvalue weighted by molar-refractivity contribution is 0.182. The van der Waals surface area contributed by atoms with Crippen molar-refractivity contribution in [1.29, 1.82) is 0 Å². The number of fused-ring (bicyclic) bond motifs is 1. The lowest BCUT2D eigenvalue weighted by atomic mass is 10.3. The Bertz CT molecular complexity index is 544. The summed E-state index contributed by atoms with van der Waals surface area (Å²) in [7, 11) is 0. The number of hydrogen-bond acceptors (Lipinski definition) is 3. The minimum atomic E-state index is -1.42. The van der Waals surface area contributed by atoms with Gasteiger partial charge in [0.05, 0.1) is 10.7 Å². The first-order valence-electron chi connectivity index (χ1n) is 4.35. The highest BCUT2D eigenvalue weighted by Gasteiger charge is 2.27. The van der Waals surface area contributed by atoms with Gasteiger partial charge in [0.15, 0.2) is 11.6 Å². The van der Waals surface area contributed by atoms with Gasteiger partial charge in [-0.05, 0) is 0 Å². The van der Waals surface area contributed by atoms with E-state index in [2.05, 4.69) is 9.98 Å². The number of carboxylic acid groups (broad SMARTS) is 1. The molecule has 84 valence electrons. The molecule has 1 aromatic rings. The molecule has 0 spiro atoms. The van der Waals surface area contributed by atoms with E-state index in [1.807, 2.05) is 5.32 Å². The van der Waals surface area contributed by atoms with Gasteiger partial charge in [-0.15, -0.1) is 0 Å². The lowest BCUT2D eigenvalue weighted by Crippen LogP contribution is -2.41. The zero-order valence-electron chi connectivity index (χ0n) is 8.16. The zero-order chi connectivity index (χ0) is 11.9. The third-order valence-electron chi connectivity index (χ3n) is 2.04. The van der Waals surface area contributed by atoms with Gasteiger partial charge in [-0.1, -0.05) is 0 Å². The smallest absolute Gasteiger partial charge is 0.408 e. The van der Waals surface area contributed by atoms with Gasteiger partial charge < -0.3 is 5.11 Å². The predicted octanol–water partition coefficient (Wildman–Crippen LogP) is 0.159. The Balaban J connectivity index is 2.55. The highest BCUT2D eigenvalue weighted by atomic mass is 19.2. The number of halogens is 2. The van der Waals surface area contributed by atoms with Crippen LogP contribution in [0.3, 0.4) is 0 Å². The van der Waals surface area contributed by atoms with Gasteiger partial charge in [-0.2, -0.15) is 0 Å². The van der Waals surface area contributed by atoms with Crippen LogP contribution < -0.4 is 16.0 Å². The number of nitrogens with one attached hydrogen (secondary N) is 1. The molecule has 7 heteroatoms. The maximum Gasteiger partial charge on any atom is 0.408 e. The van der Waals surface area contributed by atoms with Crippen molar-refractivity contribution >= 4 is 6.09 Å². The molecule has 0 radical (unpaired) electrons. The molecule has 5 nitrogen and oxygen atoms in total. The van der Waals surface area contributed by atoms with Crippen LogP contribution >= 0.6 is 0 Å². The van der Waals surface area contributed by atoms with Gasteiger partial charge in [0, 0.05) is 19.1 Å². The molecule has 0 fully saturated rings. The molecule has 0 saturated heterocycles. The number of rotatable bonds is 1. The van der Waals surface area contributed by atoms with Gasteiger partial charge >= 0.3 is 6.09 Å². The summed E-state index contributed by atoms with van der Waals surface area (Å²) in [5.74, 6) is -3.51. The second-order valence-electron chi connectivity index (χ2n) is 3.43. The second-order valence-corrected chi connectivity index (χ2v) is 3.43. The van der Waals surface area contributed by atoms with Gasteiger partial charge in [0.2, 0.25) is 5.79 Å². The molecule has 2 rings (SSSR count). The number of nitrogens with zero attached hydrogens (tertiary/aromatic N) is 2. The molecule has 0 aromatic heterocycles. The quantitative estimate of drug-likeness (QED) is 0.717. The van der Waals surface area contributed by atoms with E-state index in [1.165, 1.54) is 6.92 Å². The molecule has 0 saturated carbocycles. The predicted molar refractivity (Wildman–Crippen MR) is 48.2 cm³/mol. The fraction of sp³-hybridized carbons (Fsp3) is 0.222. The third-order valence-corrected chi connectivity index (χ3v) is 2.04. The topological polar surface area (TPSA) is 74.0 Å². The molecule has 1 heterocycles. The minimum Gasteiger partial charge on any atom is -0.465 e. The fourth-order valence-corrected chi connectivity index (χ4v) is 1.46. The molecule has 0 aliphatic carbocycles. The van der Waals surface area contributed by atoms with Crippen molar-refractivity contribution in [3.05, 3.63) is 34.5 Å². The number of benzene rings is 1. The summed E-state index contributed by atoms with van der Waals surface area (Å²) < 4.78 is 25.7. The molecular weight excluding hydrogens is 220 g/mol. The van der Waals surface area contributed by atoms with E-state index in [0.29, 0.717) is 0 Å². The van der Waals surface area contributed by atoms with Crippen LogP contribution in [0.15, 0.2) is 22.1 Å². The van der Waals surface area contributed by atoms with Crippen LogP contribution in [0.25, 0.3) is 0 Å². The molecule has 1 aliphatic rings. The van der Waals surface area contributed by atoms with Crippen molar-refractivity contribution in [1.82, 2.24) is 5.32 Å². The van der Waals surface area contributed by atoms with Crippen LogP contribution in [-0.4, -0.2) is 17.0 Å². The van der Waals surface area contributed by atoms with Crippen LogP contribution in [0.4, 0.5) is 13.6 Å². The van der Waals surface area contributed by atoms with Gasteiger partial charge in [0.1, 0.15) is 0 Å². The second kappa shape index (κ2) is 3.22. The molecule has 1 aromatic carbocycles. The largest absolute Gasteiger partial charge is 0.465 e. The van der Waals surface area contributed by atoms with Crippen molar-refractivity contribution in [2.24, 2.45) is 9.98 Å². The average Bonchev–Trinajstić information content (AvgIpc) is 2.40. The van der Waals surface area contributed by atoms with Crippen molar-refractivity contribution in [2.45, 2.75) is 12.7 Å². The van der Waals surface area contributed by atoms with E-state index in [0.717, 1.165) is 12.1 Å². The van der Waals surface area contributed by atoms with Crippen LogP contribution in [-0.2, 0) is 0 Å². The van der Waals surface area contributed by atoms with Crippen LogP contribution in [0.5, 0.6) is 0 Å². The first-order chi connectivity index (χ1) is 7.39. The molecule has 1 aliphatic heterocycles. The third kappa shape index (κ3) is 1.71. The highest BCUT2D eigenvalue weighted by Crippen LogP contribution is 2.09. The fourth-order valence-electron chi connectivity index (χ4n) is 1.46. The van der Waals surface area contributed by atoms with Crippen molar-refractivity contribution in [3.8, 4) is 0 Å². The SMILES string of the molecule is CC1(NC(=O)O)N=c2cc(F)c(F)cc2=N1. The summed E-state index contributed by atoms with van der Waals surface area (Å²) in [6, 6.07) is 1.76. The van der Waals surface area contributed by atoms with Crippen molar-refractivity contribution in [3.63, 3.8) is 0 Å². The van der Waals surface area contributed by atoms with Crippen LogP contribution in [0.2, 0.25) is 0 Å². The van der Waals surface area contributed by atoms with E-state index >= 15 is 0 Å². The zero-order valence-corrected chi connectivity index (χ0v) is 8.16. The maximum atomic E-state index is 12.9. The maximum absolute atomic E-state index is 12.9. The number of amides is 1. The molecular formula is C9H7F2N3O2. The Kier molecular flexibility index (Phi) is 2.11. The van der Waals surface area contributed by atoms with E-state index in [4.69, 9.17) is 5.11 Å². The van der Waals surface area contributed by atoms with Gasteiger partial charge in [-0.25, -0.2) is 23.6 Å². The van der Waals surface area contributed by atoms with Crippen LogP contribution in [0, 0.1) is 11.6 Å². The van der Waals surface area contributed by atoms with Gasteiger partial charge in [-0.3, -0.25) is 5.32 Å². The Morgan fingerprint density at radius 2 is 1.75 bits per heavy atom. The number of hydrogen-bond donors (Lipinski definition) is 2. The standard InChI is InChI=1S/C9H7F2N3O2/c1-9(14-8(15)16)12-6-2-4(10)5(11)3-7(6)13-9/h2-3,14H,1H3,(H,15,16). The Morgan fingerprint density at radius 3 is 2.12 bits per heavy atom. The Morgan fingerprint density at radius 1 is 1.31 bits per heavy atom. The highest BCUT2D eigenvalue weighted by molar-refractivity contribution is 5.65. The van der Waals surface area contributed by atoms with Crippen molar-refractivity contribution in [2.75, 3.05) is 0 Å². The molecule has 2 N–H and O–H groups in total. The first kappa shape index (κ1) is 10.5. The first-order valence-corrected chi connectivity index (χ1v) is 4.35. The lowest BCUT2D eigenvalue weighted by Gasteiger charge is -2.16. The van der Waals surface area contributed by atoms with E-state index < -0.39 is 23.5 Å². The van der Waals surface area contributed by atoms with E-state index in [9.17, 15) is 13.6 Å². The summed E-state index contributed by atoms with van der Waals surface area (Å²) in [5, 5.41) is 10.8. The monoisotopic (exact) mass is 227 g/mol. The van der Waals surface area contributed by atoms with E-state index in [-0.39, 0.29) is 10.7 Å². The van der Waals surface area contributed by atoms with Crippen LogP contribution in [0.1, 0.15) is 6.92 Å². The molecule has 0 bridgehead atoms. The average molecular weight is 227 g/mol. The molecule has 0 atom stereocenters. The van der Waals surface area contributed by atoms with E-state index in [1.54, 1.807) is 0 Å². The Hall–Kier alpha value is -2.05. The summed E-state index contributed by atoms with van der Waals surface area (Å²) in [4.78, 5) is 18.2. The van der Waals surface area contributed by atoms with Crippen molar-refractivity contribution < 1.29 is 18.7 Å². The summed E-state index contributed by atoms with van der Waals surface area (Å²) in [5.41, 5.74) is 0. The summed E-state index contributed by atoms with van der Waals surface area (Å²) in [6.45, 7) is 1.39. The summed E-state index contributed by atoms with van der Waals surface area (Å²) >= 11 is 0. The molecule has 0 unspecified atom stereocenters. The molecule has 16 heavy (non-hydrogen) atoms. The van der Waals surface area contributed by atoms with Gasteiger partial charge in [0.25, 0.3) is 0 Å². The minimum absolute atomic E-state index is 0.121. The summed E-state index contributed by atoms with van der Waals surface area (Å²) in [6.07, 6.45) is -1.32. The number of carbonyl (C=O) groups is 1. The Labute approximate surface area is 88.1 Å². The molecule has 1 amide bonds. The normalized spacial score (nSPS) is 15.9.